The Balaban J connectivity index is 1.96. The van der Waals surface area contributed by atoms with Gasteiger partial charge in [0.1, 0.15) is 10.6 Å². The minimum absolute atomic E-state index is 0.251. The number of hydrogen-bond acceptors (Lipinski definition) is 4. The van der Waals surface area contributed by atoms with E-state index in [1.54, 1.807) is 19.1 Å². The fraction of sp³-hybridized carbons (Fsp3) is 0.250. The normalized spacial score (nSPS) is 10.8. The predicted molar refractivity (Wildman–Crippen MR) is 119 cm³/mol. The van der Waals surface area contributed by atoms with Crippen molar-refractivity contribution >= 4 is 28.2 Å². The lowest BCUT2D eigenvalue weighted by molar-refractivity contribution is 0.0529. The van der Waals surface area contributed by atoms with Crippen LogP contribution in [0.2, 0.25) is 0 Å². The zero-order chi connectivity index (χ0) is 21.0. The summed E-state index contributed by atoms with van der Waals surface area (Å²) in [7, 11) is 0. The monoisotopic (exact) mass is 407 g/mol. The molecule has 4 nitrogen and oxygen atoms in total. The van der Waals surface area contributed by atoms with E-state index in [1.165, 1.54) is 16.9 Å². The van der Waals surface area contributed by atoms with Crippen molar-refractivity contribution in [1.29, 1.82) is 0 Å². The van der Waals surface area contributed by atoms with Gasteiger partial charge >= 0.3 is 5.97 Å². The molecule has 0 aliphatic carbocycles. The molecule has 0 fully saturated rings. The van der Waals surface area contributed by atoms with Gasteiger partial charge in [-0.25, -0.2) is 4.79 Å². The van der Waals surface area contributed by atoms with E-state index in [1.807, 2.05) is 36.6 Å². The van der Waals surface area contributed by atoms with Crippen molar-refractivity contribution in [3.05, 3.63) is 76.2 Å². The highest BCUT2D eigenvalue weighted by molar-refractivity contribution is 7.15. The van der Waals surface area contributed by atoms with Crippen LogP contribution in [-0.2, 0) is 4.74 Å². The second kappa shape index (κ2) is 9.05. The standard InChI is InChI=1S/C24H25NO3S/c1-5-28-24(27)21-20(18-12-10-17(11-13-18)15(2)3)14-29-23(21)25-22(26)19-8-6-16(4)7-9-19/h6-15H,5H2,1-4H3,(H,25,26). The van der Waals surface area contributed by atoms with Gasteiger partial charge in [-0.15, -0.1) is 11.3 Å². The van der Waals surface area contributed by atoms with Gasteiger partial charge in [-0.05, 0) is 43.0 Å². The lowest BCUT2D eigenvalue weighted by atomic mass is 9.98. The van der Waals surface area contributed by atoms with Crippen LogP contribution in [-0.4, -0.2) is 18.5 Å². The molecule has 0 saturated heterocycles. The number of carbonyl (C=O) groups excluding carboxylic acids is 2. The van der Waals surface area contributed by atoms with Gasteiger partial charge in [0.05, 0.1) is 6.61 Å². The maximum atomic E-state index is 12.7. The first-order chi connectivity index (χ1) is 13.9. The second-order valence-corrected chi connectivity index (χ2v) is 8.05. The SMILES string of the molecule is CCOC(=O)c1c(-c2ccc(C(C)C)cc2)csc1NC(=O)c1ccc(C)cc1. The largest absolute Gasteiger partial charge is 0.462 e. The summed E-state index contributed by atoms with van der Waals surface area (Å²) in [6.07, 6.45) is 0. The minimum atomic E-state index is -0.434. The van der Waals surface area contributed by atoms with Crippen molar-refractivity contribution in [2.45, 2.75) is 33.6 Å². The molecule has 2 aromatic carbocycles. The third-order valence-corrected chi connectivity index (χ3v) is 5.60. The smallest absolute Gasteiger partial charge is 0.341 e. The molecule has 0 radical (unpaired) electrons. The molecule has 0 atom stereocenters. The Morgan fingerprint density at radius 3 is 2.28 bits per heavy atom. The van der Waals surface area contributed by atoms with Crippen molar-refractivity contribution in [3.63, 3.8) is 0 Å². The van der Waals surface area contributed by atoms with E-state index >= 15 is 0 Å². The van der Waals surface area contributed by atoms with Crippen LogP contribution in [0.25, 0.3) is 11.1 Å². The van der Waals surface area contributed by atoms with Crippen molar-refractivity contribution in [2.24, 2.45) is 0 Å². The number of hydrogen-bond donors (Lipinski definition) is 1. The van der Waals surface area contributed by atoms with E-state index in [0.29, 0.717) is 22.0 Å². The van der Waals surface area contributed by atoms with Gasteiger partial charge in [0.15, 0.2) is 0 Å². The van der Waals surface area contributed by atoms with Crippen LogP contribution in [0.3, 0.4) is 0 Å². The van der Waals surface area contributed by atoms with Crippen LogP contribution in [0, 0.1) is 6.92 Å². The number of anilines is 1. The summed E-state index contributed by atoms with van der Waals surface area (Å²) < 4.78 is 5.27. The number of benzene rings is 2. The minimum Gasteiger partial charge on any atom is -0.462 e. The Morgan fingerprint density at radius 2 is 1.69 bits per heavy atom. The van der Waals surface area contributed by atoms with Gasteiger partial charge in [-0.2, -0.15) is 0 Å². The number of thiophene rings is 1. The molecule has 1 N–H and O–H groups in total. The van der Waals surface area contributed by atoms with E-state index in [4.69, 9.17) is 4.74 Å². The molecular weight excluding hydrogens is 382 g/mol. The molecule has 1 heterocycles. The molecule has 1 amide bonds. The maximum Gasteiger partial charge on any atom is 0.341 e. The molecule has 150 valence electrons. The van der Waals surface area contributed by atoms with Gasteiger partial charge in [-0.1, -0.05) is 55.8 Å². The van der Waals surface area contributed by atoms with Gasteiger partial charge in [0.2, 0.25) is 0 Å². The fourth-order valence-electron chi connectivity index (χ4n) is 3.00. The molecule has 3 rings (SSSR count). The summed E-state index contributed by atoms with van der Waals surface area (Å²) in [6.45, 7) is 8.29. The molecule has 0 aliphatic rings. The summed E-state index contributed by atoms with van der Waals surface area (Å²) in [5.41, 5.74) is 4.94. The first-order valence-corrected chi connectivity index (χ1v) is 10.6. The molecule has 0 spiro atoms. The van der Waals surface area contributed by atoms with E-state index in [2.05, 4.69) is 31.3 Å². The summed E-state index contributed by atoms with van der Waals surface area (Å²) in [6, 6.07) is 15.5. The highest BCUT2D eigenvalue weighted by Gasteiger charge is 2.23. The summed E-state index contributed by atoms with van der Waals surface area (Å²) in [5.74, 6) is -0.254. The molecule has 3 aromatic rings. The molecule has 0 unspecified atom stereocenters. The summed E-state index contributed by atoms with van der Waals surface area (Å²) >= 11 is 1.33. The predicted octanol–water partition coefficient (Wildman–Crippen LogP) is 6.28. The Kier molecular flexibility index (Phi) is 6.49. The Labute approximate surface area is 175 Å². The lowest BCUT2D eigenvalue weighted by Crippen LogP contribution is -2.14. The highest BCUT2D eigenvalue weighted by atomic mass is 32.1. The van der Waals surface area contributed by atoms with Crippen LogP contribution in [0.15, 0.2) is 53.9 Å². The Morgan fingerprint density at radius 1 is 1.03 bits per heavy atom. The molecule has 29 heavy (non-hydrogen) atoms. The van der Waals surface area contributed by atoms with Crippen LogP contribution >= 0.6 is 11.3 Å². The molecule has 1 aromatic heterocycles. The van der Waals surface area contributed by atoms with Crippen LogP contribution in [0.1, 0.15) is 58.5 Å². The zero-order valence-corrected chi connectivity index (χ0v) is 17.9. The Bertz CT molecular complexity index is 1000. The van der Waals surface area contributed by atoms with Gasteiger partial charge in [-0.3, -0.25) is 4.79 Å². The molecule has 0 bridgehead atoms. The number of ether oxygens (including phenoxy) is 1. The summed E-state index contributed by atoms with van der Waals surface area (Å²) in [4.78, 5) is 25.4. The average molecular weight is 408 g/mol. The Hall–Kier alpha value is -2.92. The van der Waals surface area contributed by atoms with Gasteiger partial charge < -0.3 is 10.1 Å². The van der Waals surface area contributed by atoms with Crippen LogP contribution in [0.4, 0.5) is 5.00 Å². The van der Waals surface area contributed by atoms with Crippen LogP contribution < -0.4 is 5.32 Å². The second-order valence-electron chi connectivity index (χ2n) is 7.17. The number of carbonyl (C=O) groups is 2. The zero-order valence-electron chi connectivity index (χ0n) is 17.1. The first kappa shape index (κ1) is 20.8. The van der Waals surface area contributed by atoms with Gasteiger partial charge in [0, 0.05) is 16.5 Å². The van der Waals surface area contributed by atoms with Crippen molar-refractivity contribution in [1.82, 2.24) is 0 Å². The molecule has 5 heteroatoms. The highest BCUT2D eigenvalue weighted by Crippen LogP contribution is 2.37. The first-order valence-electron chi connectivity index (χ1n) is 9.67. The lowest BCUT2D eigenvalue weighted by Gasteiger charge is -2.10. The number of amides is 1. The van der Waals surface area contributed by atoms with Gasteiger partial charge in [0.25, 0.3) is 5.91 Å². The van der Waals surface area contributed by atoms with Crippen molar-refractivity contribution < 1.29 is 14.3 Å². The third-order valence-electron chi connectivity index (χ3n) is 4.70. The van der Waals surface area contributed by atoms with E-state index < -0.39 is 5.97 Å². The number of nitrogens with one attached hydrogen (secondary N) is 1. The van der Waals surface area contributed by atoms with E-state index in [-0.39, 0.29) is 12.5 Å². The third kappa shape index (κ3) is 4.74. The fourth-order valence-corrected chi connectivity index (χ4v) is 3.95. The number of aryl methyl sites for hydroxylation is 1. The van der Waals surface area contributed by atoms with E-state index in [0.717, 1.165) is 16.7 Å². The molecule has 0 aliphatic heterocycles. The van der Waals surface area contributed by atoms with Crippen molar-refractivity contribution in [3.8, 4) is 11.1 Å². The molecular formula is C24H25NO3S. The summed E-state index contributed by atoms with van der Waals surface area (Å²) in [5, 5.41) is 5.27. The average Bonchev–Trinajstić information content (AvgIpc) is 3.12. The number of rotatable bonds is 6. The number of esters is 1. The molecule has 0 saturated carbocycles. The maximum absolute atomic E-state index is 12.7. The van der Waals surface area contributed by atoms with E-state index in [9.17, 15) is 9.59 Å². The quantitative estimate of drug-likeness (QED) is 0.490. The van der Waals surface area contributed by atoms with Crippen LogP contribution in [0.5, 0.6) is 0 Å². The van der Waals surface area contributed by atoms with Crippen molar-refractivity contribution in [2.75, 3.05) is 11.9 Å². The topological polar surface area (TPSA) is 55.4 Å².